The summed E-state index contributed by atoms with van der Waals surface area (Å²) < 4.78 is 23.2. The molecule has 0 aliphatic heterocycles. The molecule has 1 atom stereocenters. The zero-order valence-electron chi connectivity index (χ0n) is 17.3. The van der Waals surface area contributed by atoms with E-state index >= 15 is 0 Å². The molecular weight excluding hydrogens is 414 g/mol. The molecule has 0 saturated heterocycles. The van der Waals surface area contributed by atoms with Crippen LogP contribution < -0.4 is 10.1 Å². The number of hydrogen-bond acceptors (Lipinski definition) is 5. The van der Waals surface area contributed by atoms with Crippen LogP contribution in [0.15, 0.2) is 22.7 Å². The molecule has 1 rings (SSSR count). The number of ether oxygens (including phenoxy) is 4. The molecule has 0 radical (unpaired) electrons. The van der Waals surface area contributed by atoms with Crippen molar-refractivity contribution >= 4 is 22.0 Å². The number of benzene rings is 1. The van der Waals surface area contributed by atoms with Crippen molar-refractivity contribution in [1.29, 1.82) is 0 Å². The molecule has 1 N–H and O–H groups in total. The summed E-state index contributed by atoms with van der Waals surface area (Å²) >= 11 is 3.47. The van der Waals surface area contributed by atoms with E-state index in [-0.39, 0.29) is 6.10 Å². The van der Waals surface area contributed by atoms with Gasteiger partial charge in [-0.05, 0) is 51.3 Å². The van der Waals surface area contributed by atoms with E-state index in [1.807, 2.05) is 39.0 Å². The smallest absolute Gasteiger partial charge is 0.407 e. The monoisotopic (exact) mass is 445 g/mol. The fraction of sp³-hybridized carbons (Fsp3) is 0.650. The molecule has 0 bridgehead atoms. The van der Waals surface area contributed by atoms with Crippen molar-refractivity contribution in [3.63, 3.8) is 0 Å². The van der Waals surface area contributed by atoms with Crippen LogP contribution in [0.3, 0.4) is 0 Å². The topological polar surface area (TPSA) is 66.0 Å². The van der Waals surface area contributed by atoms with E-state index in [1.54, 1.807) is 14.2 Å². The van der Waals surface area contributed by atoms with Crippen molar-refractivity contribution in [2.45, 2.75) is 59.0 Å². The first-order valence-electron chi connectivity index (χ1n) is 9.04. The average Bonchev–Trinajstić information content (AvgIpc) is 2.54. The molecule has 7 heteroatoms. The Bertz CT molecular complexity index is 597. The van der Waals surface area contributed by atoms with Crippen LogP contribution >= 0.6 is 15.9 Å². The Morgan fingerprint density at radius 2 is 1.81 bits per heavy atom. The van der Waals surface area contributed by atoms with Crippen molar-refractivity contribution in [3.8, 4) is 5.75 Å². The Balaban J connectivity index is 2.92. The molecule has 6 nitrogen and oxygen atoms in total. The third-order valence-electron chi connectivity index (χ3n) is 3.55. The van der Waals surface area contributed by atoms with Crippen LogP contribution in [0.5, 0.6) is 5.75 Å². The molecule has 0 heterocycles. The van der Waals surface area contributed by atoms with Gasteiger partial charge in [-0.2, -0.15) is 0 Å². The van der Waals surface area contributed by atoms with Gasteiger partial charge in [-0.3, -0.25) is 0 Å². The van der Waals surface area contributed by atoms with Gasteiger partial charge in [-0.15, -0.1) is 0 Å². The summed E-state index contributed by atoms with van der Waals surface area (Å²) in [5.41, 5.74) is 0.238. The van der Waals surface area contributed by atoms with Gasteiger partial charge < -0.3 is 24.3 Å². The normalized spacial score (nSPS) is 13.0. The third kappa shape index (κ3) is 8.95. The second-order valence-electron chi connectivity index (χ2n) is 7.74. The van der Waals surface area contributed by atoms with Gasteiger partial charge in [0.25, 0.3) is 0 Å². The highest BCUT2D eigenvalue weighted by Gasteiger charge is 2.22. The maximum Gasteiger partial charge on any atom is 0.407 e. The van der Waals surface area contributed by atoms with Gasteiger partial charge in [-0.25, -0.2) is 4.79 Å². The minimum atomic E-state index is -0.545. The summed E-state index contributed by atoms with van der Waals surface area (Å²) in [4.78, 5) is 12.0. The number of halogens is 1. The third-order valence-corrected chi connectivity index (χ3v) is 4.05. The molecule has 0 fully saturated rings. The zero-order chi connectivity index (χ0) is 20.6. The average molecular weight is 446 g/mol. The van der Waals surface area contributed by atoms with E-state index < -0.39 is 18.0 Å². The number of hydrogen-bond donors (Lipinski definition) is 1. The number of nitrogens with one attached hydrogen (secondary N) is 1. The number of carbonyl (C=O) groups excluding carboxylic acids is 1. The molecular formula is C20H32BrNO5. The van der Waals surface area contributed by atoms with E-state index in [0.29, 0.717) is 18.2 Å². The lowest BCUT2D eigenvalue weighted by Gasteiger charge is -2.26. The van der Waals surface area contributed by atoms with Gasteiger partial charge in [0.05, 0.1) is 12.1 Å². The first kappa shape index (κ1) is 23.7. The summed E-state index contributed by atoms with van der Waals surface area (Å²) in [6, 6.07) is 5.67. The van der Waals surface area contributed by atoms with E-state index in [2.05, 4.69) is 35.1 Å². The number of amides is 1. The highest BCUT2D eigenvalue weighted by atomic mass is 79.9. The maximum atomic E-state index is 12.0. The van der Waals surface area contributed by atoms with Gasteiger partial charge >= 0.3 is 6.09 Å². The lowest BCUT2D eigenvalue weighted by Crippen LogP contribution is -2.39. The van der Waals surface area contributed by atoms with Crippen LogP contribution in [0.25, 0.3) is 0 Å². The summed E-state index contributed by atoms with van der Waals surface area (Å²) in [6.07, 6.45) is -0.444. The Hall–Kier alpha value is -1.31. The van der Waals surface area contributed by atoms with Crippen LogP contribution in [0.4, 0.5) is 4.79 Å². The zero-order valence-corrected chi connectivity index (χ0v) is 18.9. The lowest BCUT2D eigenvalue weighted by atomic mass is 10.1. The molecule has 0 unspecified atom stereocenters. The molecule has 1 aromatic carbocycles. The van der Waals surface area contributed by atoms with E-state index in [0.717, 1.165) is 16.5 Å². The SMILES string of the molecule is COC(OC)c1cc(Br)ccc1O[C@H](CNC(=O)OC(C)(C)C)CC(C)C. The van der Waals surface area contributed by atoms with Gasteiger partial charge in [-0.1, -0.05) is 29.8 Å². The van der Waals surface area contributed by atoms with E-state index in [4.69, 9.17) is 18.9 Å². The predicted molar refractivity (Wildman–Crippen MR) is 109 cm³/mol. The van der Waals surface area contributed by atoms with Gasteiger partial charge in [0.2, 0.25) is 0 Å². The van der Waals surface area contributed by atoms with E-state index in [1.165, 1.54) is 0 Å². The second-order valence-corrected chi connectivity index (χ2v) is 8.65. The first-order valence-corrected chi connectivity index (χ1v) is 9.83. The molecule has 0 aliphatic carbocycles. The van der Waals surface area contributed by atoms with Crippen molar-refractivity contribution in [1.82, 2.24) is 5.32 Å². The predicted octanol–water partition coefficient (Wildman–Crippen LogP) is 5.06. The standard InChI is InChI=1S/C20H32BrNO5/c1-13(2)10-15(12-22-19(23)27-20(3,4)5)26-17-9-8-14(21)11-16(17)18(24-6)25-7/h8-9,11,13,15,18H,10,12H2,1-7H3,(H,22,23)/t15-/m0/s1. The Kier molecular flexibility index (Phi) is 9.56. The summed E-state index contributed by atoms with van der Waals surface area (Å²) in [6.45, 7) is 10.1. The summed E-state index contributed by atoms with van der Waals surface area (Å²) in [7, 11) is 3.16. The molecule has 0 spiro atoms. The minimum Gasteiger partial charge on any atom is -0.488 e. The number of carbonyl (C=O) groups is 1. The van der Waals surface area contributed by atoms with Crippen molar-refractivity contribution in [3.05, 3.63) is 28.2 Å². The minimum absolute atomic E-state index is 0.216. The molecule has 154 valence electrons. The Labute approximate surface area is 171 Å². The van der Waals surface area contributed by atoms with Crippen LogP contribution in [0.1, 0.15) is 52.9 Å². The Morgan fingerprint density at radius 3 is 2.33 bits per heavy atom. The lowest BCUT2D eigenvalue weighted by molar-refractivity contribution is -0.107. The molecule has 0 aliphatic rings. The summed E-state index contributed by atoms with van der Waals surface area (Å²) in [5, 5.41) is 2.80. The highest BCUT2D eigenvalue weighted by Crippen LogP contribution is 2.32. The fourth-order valence-electron chi connectivity index (χ4n) is 2.55. The largest absolute Gasteiger partial charge is 0.488 e. The highest BCUT2D eigenvalue weighted by molar-refractivity contribution is 9.10. The van der Waals surface area contributed by atoms with Gasteiger partial charge in [0, 0.05) is 18.7 Å². The van der Waals surface area contributed by atoms with Gasteiger partial charge in [0.15, 0.2) is 6.29 Å². The van der Waals surface area contributed by atoms with Crippen molar-refractivity contribution in [2.75, 3.05) is 20.8 Å². The van der Waals surface area contributed by atoms with Crippen LogP contribution in [-0.2, 0) is 14.2 Å². The molecule has 0 aromatic heterocycles. The van der Waals surface area contributed by atoms with Crippen LogP contribution in [0, 0.1) is 5.92 Å². The van der Waals surface area contributed by atoms with Crippen molar-refractivity contribution in [2.24, 2.45) is 5.92 Å². The first-order chi connectivity index (χ1) is 12.6. The maximum absolute atomic E-state index is 12.0. The van der Waals surface area contributed by atoms with E-state index in [9.17, 15) is 4.79 Å². The number of rotatable bonds is 9. The molecule has 27 heavy (non-hydrogen) atoms. The molecule has 0 saturated carbocycles. The number of alkyl carbamates (subject to hydrolysis) is 1. The Morgan fingerprint density at radius 1 is 1.19 bits per heavy atom. The molecule has 1 amide bonds. The van der Waals surface area contributed by atoms with Crippen LogP contribution in [0.2, 0.25) is 0 Å². The quantitative estimate of drug-likeness (QED) is 0.538. The number of methoxy groups -OCH3 is 2. The van der Waals surface area contributed by atoms with Gasteiger partial charge in [0.1, 0.15) is 17.5 Å². The fourth-order valence-corrected chi connectivity index (χ4v) is 2.93. The second kappa shape index (κ2) is 10.9. The van der Waals surface area contributed by atoms with Crippen LogP contribution in [-0.4, -0.2) is 38.6 Å². The summed E-state index contributed by atoms with van der Waals surface area (Å²) in [5.74, 6) is 1.05. The van der Waals surface area contributed by atoms with Crippen molar-refractivity contribution < 1.29 is 23.7 Å². The molecule has 1 aromatic rings.